The molecule has 1 unspecified atom stereocenters. The van der Waals surface area contributed by atoms with Crippen LogP contribution in [0.25, 0.3) is 0 Å². The van der Waals surface area contributed by atoms with Gasteiger partial charge in [0, 0.05) is 5.69 Å². The summed E-state index contributed by atoms with van der Waals surface area (Å²) in [6.45, 7) is 6.27. The Morgan fingerprint density at radius 1 is 1.60 bits per heavy atom. The van der Waals surface area contributed by atoms with Gasteiger partial charge in [-0.1, -0.05) is 6.92 Å². The molecule has 1 heterocycles. The lowest BCUT2D eigenvalue weighted by molar-refractivity contribution is -0.145. The Morgan fingerprint density at radius 2 is 2.20 bits per heavy atom. The topological polar surface area (TPSA) is 44.1 Å². The van der Waals surface area contributed by atoms with Gasteiger partial charge < -0.3 is 4.74 Å². The summed E-state index contributed by atoms with van der Waals surface area (Å²) < 4.78 is 7.49. The van der Waals surface area contributed by atoms with Crippen LogP contribution in [0.4, 0.5) is 0 Å². The van der Waals surface area contributed by atoms with Gasteiger partial charge in [-0.05, 0) is 29.8 Å². The highest BCUT2D eigenvalue weighted by molar-refractivity contribution is 9.10. The van der Waals surface area contributed by atoms with E-state index in [2.05, 4.69) is 25.8 Å². The highest BCUT2D eigenvalue weighted by Crippen LogP contribution is 2.20. The minimum atomic E-state index is -0.210. The molecule has 0 saturated carbocycles. The van der Waals surface area contributed by atoms with E-state index in [4.69, 9.17) is 0 Å². The van der Waals surface area contributed by atoms with Crippen molar-refractivity contribution in [1.29, 1.82) is 0 Å². The van der Waals surface area contributed by atoms with Crippen LogP contribution in [0.1, 0.15) is 18.3 Å². The third kappa shape index (κ3) is 2.59. The van der Waals surface area contributed by atoms with Crippen LogP contribution in [-0.4, -0.2) is 22.9 Å². The minimum Gasteiger partial charge on any atom is -0.469 e. The number of hydrogen-bond acceptors (Lipinski definition) is 3. The van der Waals surface area contributed by atoms with E-state index < -0.39 is 0 Å². The summed E-state index contributed by atoms with van der Waals surface area (Å²) >= 11 is 3.44. The smallest absolute Gasteiger partial charge is 0.310 e. The number of nitrogens with zero attached hydrogens (tertiary/aromatic N) is 2. The number of hydrogen-bond donors (Lipinski definition) is 0. The Hall–Kier alpha value is -0.840. The highest BCUT2D eigenvalue weighted by atomic mass is 79.9. The third-order valence-electron chi connectivity index (χ3n) is 2.34. The molecule has 0 amide bonds. The van der Waals surface area contributed by atoms with E-state index in [0.29, 0.717) is 6.54 Å². The van der Waals surface area contributed by atoms with E-state index in [1.54, 1.807) is 0 Å². The molecule has 1 rings (SSSR count). The minimum absolute atomic E-state index is 0.181. The van der Waals surface area contributed by atoms with Crippen molar-refractivity contribution in [2.75, 3.05) is 7.11 Å². The fourth-order valence-corrected chi connectivity index (χ4v) is 1.67. The van der Waals surface area contributed by atoms with E-state index in [1.807, 2.05) is 25.5 Å². The van der Waals surface area contributed by atoms with Crippen molar-refractivity contribution >= 4 is 21.9 Å². The molecular weight excluding hydrogens is 260 g/mol. The summed E-state index contributed by atoms with van der Waals surface area (Å²) in [5, 5.41) is 4.33. The molecule has 0 aromatic carbocycles. The lowest BCUT2D eigenvalue weighted by Crippen LogP contribution is -2.20. The SMILES string of the molecule is COC(=O)C(C)Cn1nc(C)c(Br)c1C. The van der Waals surface area contributed by atoms with E-state index in [0.717, 1.165) is 15.9 Å². The number of rotatable bonds is 3. The van der Waals surface area contributed by atoms with Crippen molar-refractivity contribution < 1.29 is 9.53 Å². The van der Waals surface area contributed by atoms with E-state index in [-0.39, 0.29) is 11.9 Å². The molecule has 15 heavy (non-hydrogen) atoms. The van der Waals surface area contributed by atoms with Gasteiger partial charge in [-0.3, -0.25) is 9.48 Å². The summed E-state index contributed by atoms with van der Waals surface area (Å²) in [7, 11) is 1.40. The molecule has 0 aliphatic rings. The summed E-state index contributed by atoms with van der Waals surface area (Å²) in [6.07, 6.45) is 0. The van der Waals surface area contributed by atoms with Gasteiger partial charge in [0.15, 0.2) is 0 Å². The fourth-order valence-electron chi connectivity index (χ4n) is 1.39. The standard InChI is InChI=1S/C10H15BrN2O2/c1-6(10(14)15-4)5-13-8(3)9(11)7(2)12-13/h6H,5H2,1-4H3. The molecule has 0 bridgehead atoms. The first kappa shape index (κ1) is 12.2. The van der Waals surface area contributed by atoms with Gasteiger partial charge >= 0.3 is 5.97 Å². The lowest BCUT2D eigenvalue weighted by atomic mass is 10.2. The van der Waals surface area contributed by atoms with Crippen molar-refractivity contribution in [3.05, 3.63) is 15.9 Å². The molecule has 5 heteroatoms. The Balaban J connectivity index is 2.81. The predicted molar refractivity (Wildman–Crippen MR) is 60.6 cm³/mol. The van der Waals surface area contributed by atoms with Crippen LogP contribution in [0.2, 0.25) is 0 Å². The number of carbonyl (C=O) groups is 1. The van der Waals surface area contributed by atoms with Gasteiger partial charge in [0.1, 0.15) is 0 Å². The van der Waals surface area contributed by atoms with Crippen molar-refractivity contribution in [1.82, 2.24) is 9.78 Å². The number of aryl methyl sites for hydroxylation is 1. The van der Waals surface area contributed by atoms with E-state index in [9.17, 15) is 4.79 Å². The zero-order chi connectivity index (χ0) is 11.6. The van der Waals surface area contributed by atoms with Gasteiger partial charge in [0.05, 0.1) is 29.7 Å². The van der Waals surface area contributed by atoms with Crippen molar-refractivity contribution in [3.63, 3.8) is 0 Å². The van der Waals surface area contributed by atoms with Crippen molar-refractivity contribution in [2.24, 2.45) is 5.92 Å². The third-order valence-corrected chi connectivity index (χ3v) is 3.49. The Labute approximate surface area is 97.7 Å². The second-order valence-electron chi connectivity index (χ2n) is 3.59. The molecule has 1 aromatic rings. The average Bonchev–Trinajstić information content (AvgIpc) is 2.45. The van der Waals surface area contributed by atoms with Crippen LogP contribution >= 0.6 is 15.9 Å². The molecule has 0 spiro atoms. The van der Waals surface area contributed by atoms with E-state index in [1.165, 1.54) is 7.11 Å². The Bertz CT molecular complexity index is 374. The first-order chi connectivity index (χ1) is 6.97. The van der Waals surface area contributed by atoms with Crippen molar-refractivity contribution in [2.45, 2.75) is 27.3 Å². The van der Waals surface area contributed by atoms with Crippen LogP contribution in [0.3, 0.4) is 0 Å². The summed E-state index contributed by atoms with van der Waals surface area (Å²) in [5.74, 6) is -0.390. The molecule has 0 saturated heterocycles. The lowest BCUT2D eigenvalue weighted by Gasteiger charge is -2.10. The molecule has 0 N–H and O–H groups in total. The molecule has 0 radical (unpaired) electrons. The summed E-state index contributed by atoms with van der Waals surface area (Å²) in [4.78, 5) is 11.2. The van der Waals surface area contributed by atoms with Crippen LogP contribution in [-0.2, 0) is 16.1 Å². The normalized spacial score (nSPS) is 12.6. The number of carbonyl (C=O) groups excluding carboxylic acids is 1. The molecule has 1 aromatic heterocycles. The fraction of sp³-hybridized carbons (Fsp3) is 0.600. The maximum absolute atomic E-state index is 11.2. The first-order valence-corrected chi connectivity index (χ1v) is 5.54. The zero-order valence-corrected chi connectivity index (χ0v) is 11.0. The number of esters is 1. The largest absolute Gasteiger partial charge is 0.469 e. The van der Waals surface area contributed by atoms with Gasteiger partial charge in [0.2, 0.25) is 0 Å². The second kappa shape index (κ2) is 4.79. The first-order valence-electron chi connectivity index (χ1n) is 4.74. The molecule has 1 atom stereocenters. The van der Waals surface area contributed by atoms with Crippen LogP contribution < -0.4 is 0 Å². The average molecular weight is 275 g/mol. The van der Waals surface area contributed by atoms with Gasteiger partial charge in [-0.25, -0.2) is 0 Å². The maximum Gasteiger partial charge on any atom is 0.310 e. The Kier molecular flexibility index (Phi) is 3.90. The highest BCUT2D eigenvalue weighted by Gasteiger charge is 2.17. The van der Waals surface area contributed by atoms with E-state index >= 15 is 0 Å². The number of methoxy groups -OCH3 is 1. The number of ether oxygens (including phenoxy) is 1. The van der Waals surface area contributed by atoms with Gasteiger partial charge in [-0.2, -0.15) is 5.10 Å². The maximum atomic E-state index is 11.2. The number of halogens is 1. The monoisotopic (exact) mass is 274 g/mol. The molecule has 0 fully saturated rings. The molecule has 4 nitrogen and oxygen atoms in total. The molecule has 0 aliphatic carbocycles. The van der Waals surface area contributed by atoms with Crippen LogP contribution in [0, 0.1) is 19.8 Å². The zero-order valence-electron chi connectivity index (χ0n) is 9.37. The van der Waals surface area contributed by atoms with Gasteiger partial charge in [-0.15, -0.1) is 0 Å². The summed E-state index contributed by atoms with van der Waals surface area (Å²) in [5.41, 5.74) is 1.97. The second-order valence-corrected chi connectivity index (χ2v) is 4.38. The van der Waals surface area contributed by atoms with Gasteiger partial charge in [0.25, 0.3) is 0 Å². The predicted octanol–water partition coefficient (Wildman–Crippen LogP) is 2.07. The molecular formula is C10H15BrN2O2. The summed E-state index contributed by atoms with van der Waals surface area (Å²) in [6, 6.07) is 0. The van der Waals surface area contributed by atoms with Crippen LogP contribution in [0.15, 0.2) is 4.47 Å². The van der Waals surface area contributed by atoms with Crippen molar-refractivity contribution in [3.8, 4) is 0 Å². The van der Waals surface area contributed by atoms with Crippen LogP contribution in [0.5, 0.6) is 0 Å². The molecule has 84 valence electrons. The quantitative estimate of drug-likeness (QED) is 0.793. The number of aromatic nitrogens is 2. The Morgan fingerprint density at radius 3 is 2.60 bits per heavy atom. The molecule has 0 aliphatic heterocycles.